The van der Waals surface area contributed by atoms with Crippen LogP contribution in [0.2, 0.25) is 0 Å². The minimum Gasteiger partial charge on any atom is -0.346 e. The summed E-state index contributed by atoms with van der Waals surface area (Å²) in [6, 6.07) is 22.3. The van der Waals surface area contributed by atoms with Crippen molar-refractivity contribution in [2.45, 2.75) is 19.3 Å². The third kappa shape index (κ3) is 3.72. The van der Waals surface area contributed by atoms with Crippen LogP contribution in [-0.2, 0) is 24.1 Å². The number of hydrogen-bond donors (Lipinski definition) is 1. The smallest absolute Gasteiger partial charge is 0.141 e. The summed E-state index contributed by atoms with van der Waals surface area (Å²) in [5.74, 6) is 0.242. The van der Waals surface area contributed by atoms with Gasteiger partial charge in [0, 0.05) is 30.6 Å². The first-order valence-electron chi connectivity index (χ1n) is 8.82. The molecule has 0 amide bonds. The van der Waals surface area contributed by atoms with Gasteiger partial charge in [-0.15, -0.1) is 0 Å². The average Bonchev–Trinajstić information content (AvgIpc) is 3.07. The number of aromatic amines is 1. The highest BCUT2D eigenvalue weighted by Gasteiger charge is 2.07. The number of ketones is 1. The summed E-state index contributed by atoms with van der Waals surface area (Å²) in [7, 11) is 0. The lowest BCUT2D eigenvalue weighted by molar-refractivity contribution is -0.117. The normalized spacial score (nSPS) is 10.9. The van der Waals surface area contributed by atoms with Gasteiger partial charge in [0.2, 0.25) is 0 Å². The lowest BCUT2D eigenvalue weighted by Gasteiger charge is -2.05. The number of carbonyl (C=O) groups is 1. The van der Waals surface area contributed by atoms with Gasteiger partial charge in [-0.3, -0.25) is 4.79 Å². The maximum absolute atomic E-state index is 12.3. The first kappa shape index (κ1) is 16.3. The van der Waals surface area contributed by atoms with Crippen LogP contribution in [0, 0.1) is 0 Å². The van der Waals surface area contributed by atoms with Crippen LogP contribution in [0.5, 0.6) is 0 Å². The van der Waals surface area contributed by atoms with E-state index in [0.717, 1.165) is 28.6 Å². The predicted molar refractivity (Wildman–Crippen MR) is 104 cm³/mol. The third-order valence-electron chi connectivity index (χ3n) is 4.60. The molecule has 0 radical (unpaired) electrons. The van der Waals surface area contributed by atoms with E-state index in [2.05, 4.69) is 40.3 Å². The van der Waals surface area contributed by atoms with Crippen molar-refractivity contribution in [2.24, 2.45) is 0 Å². The molecule has 4 rings (SSSR count). The molecule has 0 fully saturated rings. The van der Waals surface area contributed by atoms with Gasteiger partial charge in [0.1, 0.15) is 11.4 Å². The van der Waals surface area contributed by atoms with Gasteiger partial charge in [-0.25, -0.2) is 4.98 Å². The Hall–Kier alpha value is -3.20. The van der Waals surface area contributed by atoms with Crippen molar-refractivity contribution in [3.05, 3.63) is 101 Å². The molecule has 0 bridgehead atoms. The lowest BCUT2D eigenvalue weighted by atomic mass is 10.00. The summed E-state index contributed by atoms with van der Waals surface area (Å²) < 4.78 is 0. The molecule has 2 heterocycles. The van der Waals surface area contributed by atoms with Crippen LogP contribution in [0.4, 0.5) is 0 Å². The number of rotatable bonds is 6. The molecular weight excluding hydrogens is 320 g/mol. The van der Waals surface area contributed by atoms with Crippen LogP contribution in [0.3, 0.4) is 0 Å². The summed E-state index contributed by atoms with van der Waals surface area (Å²) in [5.41, 5.74) is 5.53. The Balaban J connectivity index is 1.41. The molecule has 26 heavy (non-hydrogen) atoms. The number of carbonyl (C=O) groups excluding carboxylic acids is 1. The fraction of sp³-hybridized carbons (Fsp3) is 0.130. The van der Waals surface area contributed by atoms with Crippen molar-refractivity contribution in [3.63, 3.8) is 0 Å². The topological polar surface area (TPSA) is 45.8 Å². The maximum atomic E-state index is 12.3. The Morgan fingerprint density at radius 1 is 0.808 bits per heavy atom. The van der Waals surface area contributed by atoms with E-state index in [1.165, 1.54) is 11.1 Å². The van der Waals surface area contributed by atoms with Gasteiger partial charge in [-0.2, -0.15) is 0 Å². The van der Waals surface area contributed by atoms with E-state index in [1.54, 1.807) is 6.20 Å². The summed E-state index contributed by atoms with van der Waals surface area (Å²) in [6.45, 7) is 0. The highest BCUT2D eigenvalue weighted by Crippen LogP contribution is 2.19. The van der Waals surface area contributed by atoms with Gasteiger partial charge in [-0.05, 0) is 40.8 Å². The Morgan fingerprint density at radius 3 is 2.27 bits per heavy atom. The van der Waals surface area contributed by atoms with E-state index in [4.69, 9.17) is 0 Å². The summed E-state index contributed by atoms with van der Waals surface area (Å²) >= 11 is 0. The average molecular weight is 340 g/mol. The zero-order valence-electron chi connectivity index (χ0n) is 14.5. The van der Waals surface area contributed by atoms with Gasteiger partial charge in [0.05, 0.1) is 0 Å². The number of Topliss-reactive ketones (excluding diaryl/α,β-unsaturated/α-hetero) is 1. The SMILES string of the molecule is O=C(Cc1ccccc1)Cc1ccc(Cc2c[nH]c3ncccc23)cc1. The first-order chi connectivity index (χ1) is 12.8. The Morgan fingerprint density at radius 2 is 1.50 bits per heavy atom. The zero-order valence-corrected chi connectivity index (χ0v) is 14.5. The first-order valence-corrected chi connectivity index (χ1v) is 8.82. The molecule has 0 saturated carbocycles. The van der Waals surface area contributed by atoms with Crippen LogP contribution < -0.4 is 0 Å². The van der Waals surface area contributed by atoms with Crippen molar-refractivity contribution in [3.8, 4) is 0 Å². The van der Waals surface area contributed by atoms with E-state index >= 15 is 0 Å². The number of pyridine rings is 1. The zero-order chi connectivity index (χ0) is 17.8. The molecule has 0 atom stereocenters. The largest absolute Gasteiger partial charge is 0.346 e. The standard InChI is InChI=1S/C23H20N2O/c26-21(14-17-5-2-1-3-6-17)15-19-10-8-18(9-11-19)13-20-16-25-23-22(20)7-4-12-24-23/h1-12,16H,13-15H2,(H,24,25). The molecule has 0 aliphatic carbocycles. The monoisotopic (exact) mass is 340 g/mol. The molecule has 3 nitrogen and oxygen atoms in total. The van der Waals surface area contributed by atoms with Gasteiger partial charge in [0.15, 0.2) is 0 Å². The van der Waals surface area contributed by atoms with E-state index in [0.29, 0.717) is 12.8 Å². The fourth-order valence-electron chi connectivity index (χ4n) is 3.27. The molecule has 1 N–H and O–H groups in total. The Bertz CT molecular complexity index is 1020. The van der Waals surface area contributed by atoms with Gasteiger partial charge < -0.3 is 4.98 Å². The minimum atomic E-state index is 0.242. The maximum Gasteiger partial charge on any atom is 0.141 e. The number of benzene rings is 2. The molecule has 128 valence electrons. The van der Waals surface area contributed by atoms with E-state index in [9.17, 15) is 4.79 Å². The third-order valence-corrected chi connectivity index (χ3v) is 4.60. The number of fused-ring (bicyclic) bond motifs is 1. The number of nitrogens with one attached hydrogen (secondary N) is 1. The molecule has 2 aromatic carbocycles. The van der Waals surface area contributed by atoms with Gasteiger partial charge in [0.25, 0.3) is 0 Å². The number of hydrogen-bond acceptors (Lipinski definition) is 2. The number of H-pyrrole nitrogens is 1. The van der Waals surface area contributed by atoms with Gasteiger partial charge in [-0.1, -0.05) is 54.6 Å². The molecule has 2 aromatic heterocycles. The van der Waals surface area contributed by atoms with E-state index in [1.807, 2.05) is 42.6 Å². The number of aromatic nitrogens is 2. The van der Waals surface area contributed by atoms with Crippen molar-refractivity contribution < 1.29 is 4.79 Å². The lowest BCUT2D eigenvalue weighted by Crippen LogP contribution is -2.06. The second-order valence-corrected chi connectivity index (χ2v) is 6.58. The van der Waals surface area contributed by atoms with Crippen molar-refractivity contribution in [2.75, 3.05) is 0 Å². The van der Waals surface area contributed by atoms with Crippen LogP contribution in [0.15, 0.2) is 79.1 Å². The number of nitrogens with zero attached hydrogens (tertiary/aromatic N) is 1. The van der Waals surface area contributed by atoms with Crippen molar-refractivity contribution >= 4 is 16.8 Å². The highest BCUT2D eigenvalue weighted by molar-refractivity contribution is 5.83. The fourth-order valence-corrected chi connectivity index (χ4v) is 3.27. The molecular formula is C23H20N2O. The second kappa shape index (κ2) is 7.36. The van der Waals surface area contributed by atoms with Crippen LogP contribution in [0.1, 0.15) is 22.3 Å². The van der Waals surface area contributed by atoms with E-state index in [-0.39, 0.29) is 5.78 Å². The molecule has 0 aliphatic rings. The van der Waals surface area contributed by atoms with E-state index < -0.39 is 0 Å². The molecule has 0 unspecified atom stereocenters. The molecule has 0 saturated heterocycles. The minimum absolute atomic E-state index is 0.242. The van der Waals surface area contributed by atoms with Crippen LogP contribution in [0.25, 0.3) is 11.0 Å². The second-order valence-electron chi connectivity index (χ2n) is 6.58. The molecule has 0 aliphatic heterocycles. The van der Waals surface area contributed by atoms with Crippen molar-refractivity contribution in [1.82, 2.24) is 9.97 Å². The van der Waals surface area contributed by atoms with Crippen molar-refractivity contribution in [1.29, 1.82) is 0 Å². The molecule has 3 heteroatoms. The molecule has 0 spiro atoms. The quantitative estimate of drug-likeness (QED) is 0.561. The summed E-state index contributed by atoms with van der Waals surface area (Å²) in [4.78, 5) is 19.8. The Labute approximate surface area is 152 Å². The predicted octanol–water partition coefficient (Wildman–Crippen LogP) is 4.51. The van der Waals surface area contributed by atoms with Gasteiger partial charge >= 0.3 is 0 Å². The van der Waals surface area contributed by atoms with Crippen LogP contribution in [-0.4, -0.2) is 15.8 Å². The van der Waals surface area contributed by atoms with Crippen LogP contribution >= 0.6 is 0 Å². The summed E-state index contributed by atoms with van der Waals surface area (Å²) in [5, 5.41) is 1.16. The Kier molecular flexibility index (Phi) is 4.61. The summed E-state index contributed by atoms with van der Waals surface area (Å²) in [6.07, 6.45) is 5.64. The highest BCUT2D eigenvalue weighted by atomic mass is 16.1. The molecule has 4 aromatic rings.